The van der Waals surface area contributed by atoms with Crippen LogP contribution < -0.4 is 16.2 Å². The Morgan fingerprint density at radius 2 is 2.22 bits per heavy atom. The maximum absolute atomic E-state index is 13.7. The van der Waals surface area contributed by atoms with Crippen LogP contribution in [0.25, 0.3) is 0 Å². The largest absolute Gasteiger partial charge is 0.354 e. The molecule has 1 amide bonds. The highest BCUT2D eigenvalue weighted by atomic mass is 19.1. The van der Waals surface area contributed by atoms with Gasteiger partial charge >= 0.3 is 0 Å². The molecule has 0 bridgehead atoms. The molecule has 0 saturated carbocycles. The summed E-state index contributed by atoms with van der Waals surface area (Å²) in [5, 5.41) is 0. The summed E-state index contributed by atoms with van der Waals surface area (Å²) < 4.78 is 13.7. The van der Waals surface area contributed by atoms with Crippen molar-refractivity contribution in [2.75, 3.05) is 4.90 Å². The van der Waals surface area contributed by atoms with Gasteiger partial charge in [0, 0.05) is 11.2 Å². The number of halogens is 1. The van der Waals surface area contributed by atoms with E-state index in [1.54, 1.807) is 12.1 Å². The summed E-state index contributed by atoms with van der Waals surface area (Å²) in [6.45, 7) is 8.49. The Morgan fingerprint density at radius 3 is 2.83 bits per heavy atom. The number of carbonyl (C=O) groups excluding carboxylic acids is 1. The number of benzene rings is 1. The molecule has 1 aromatic rings. The molecule has 1 aliphatic heterocycles. The second kappa shape index (κ2) is 6.87. The number of hydrazine groups is 1. The van der Waals surface area contributed by atoms with Gasteiger partial charge in [-0.2, -0.15) is 0 Å². The van der Waals surface area contributed by atoms with Crippen LogP contribution in [0.5, 0.6) is 0 Å². The van der Waals surface area contributed by atoms with Crippen molar-refractivity contribution in [3.05, 3.63) is 29.6 Å². The maximum atomic E-state index is 13.7. The van der Waals surface area contributed by atoms with E-state index in [1.165, 1.54) is 6.07 Å². The Bertz CT molecular complexity index is 573. The van der Waals surface area contributed by atoms with Crippen LogP contribution in [0.3, 0.4) is 0 Å². The number of hydrogen-bond donors (Lipinski definition) is 2. The van der Waals surface area contributed by atoms with E-state index in [4.69, 9.17) is 5.84 Å². The highest BCUT2D eigenvalue weighted by Gasteiger charge is 2.42. The van der Waals surface area contributed by atoms with Gasteiger partial charge in [-0.3, -0.25) is 10.2 Å². The Labute approximate surface area is 138 Å². The van der Waals surface area contributed by atoms with Crippen molar-refractivity contribution < 1.29 is 9.18 Å². The predicted octanol–water partition coefficient (Wildman–Crippen LogP) is 3.47. The molecule has 5 heteroatoms. The van der Waals surface area contributed by atoms with Crippen LogP contribution in [-0.4, -0.2) is 17.5 Å². The van der Waals surface area contributed by atoms with Gasteiger partial charge in [0.05, 0.1) is 0 Å². The number of amides is 1. The number of rotatable bonds is 5. The first-order valence-corrected chi connectivity index (χ1v) is 8.41. The summed E-state index contributed by atoms with van der Waals surface area (Å²) in [6.07, 6.45) is 3.55. The monoisotopic (exact) mass is 321 g/mol. The second-order valence-corrected chi connectivity index (χ2v) is 7.16. The van der Waals surface area contributed by atoms with Gasteiger partial charge in [0.25, 0.3) is 5.91 Å². The van der Waals surface area contributed by atoms with Crippen molar-refractivity contribution in [2.45, 2.75) is 70.9 Å². The summed E-state index contributed by atoms with van der Waals surface area (Å²) in [5.41, 5.74) is 4.02. The fourth-order valence-corrected chi connectivity index (χ4v) is 3.88. The molecule has 0 unspecified atom stereocenters. The molecule has 0 spiro atoms. The van der Waals surface area contributed by atoms with Gasteiger partial charge in [0.15, 0.2) is 0 Å². The summed E-state index contributed by atoms with van der Waals surface area (Å²) in [7, 11) is 0. The molecule has 0 radical (unpaired) electrons. The van der Waals surface area contributed by atoms with Crippen LogP contribution in [-0.2, 0) is 4.79 Å². The van der Waals surface area contributed by atoms with E-state index in [0.717, 1.165) is 36.9 Å². The molecule has 2 atom stereocenters. The average molecular weight is 321 g/mol. The van der Waals surface area contributed by atoms with Crippen molar-refractivity contribution in [2.24, 2.45) is 5.84 Å². The predicted molar refractivity (Wildman–Crippen MR) is 91.6 cm³/mol. The van der Waals surface area contributed by atoms with Gasteiger partial charge in [-0.1, -0.05) is 26.7 Å². The minimum absolute atomic E-state index is 0.184. The number of fused-ring (bicyclic) bond motifs is 1. The zero-order valence-corrected chi connectivity index (χ0v) is 14.5. The zero-order chi connectivity index (χ0) is 17.2. The topological polar surface area (TPSA) is 58.4 Å². The van der Waals surface area contributed by atoms with Gasteiger partial charge in [-0.15, -0.1) is 0 Å². The smallest absolute Gasteiger partial charge is 0.256 e. The third kappa shape index (κ3) is 3.50. The van der Waals surface area contributed by atoms with Crippen LogP contribution >= 0.6 is 0 Å². The molecule has 128 valence electrons. The molecule has 2 rings (SSSR count). The number of anilines is 1. The SMILES string of the molecule is CCCC[C@@H](C(=O)NN)N1c2ccc(F)cc2[C@H](C)CC1(C)C. The summed E-state index contributed by atoms with van der Waals surface area (Å²) in [4.78, 5) is 14.5. The number of unbranched alkanes of at least 4 members (excludes halogenated alkanes) is 1. The van der Waals surface area contributed by atoms with E-state index < -0.39 is 0 Å². The lowest BCUT2D eigenvalue weighted by Gasteiger charge is -2.50. The molecule has 1 aromatic carbocycles. The third-order valence-corrected chi connectivity index (χ3v) is 4.83. The molecule has 0 fully saturated rings. The van der Waals surface area contributed by atoms with E-state index >= 15 is 0 Å². The molecule has 3 N–H and O–H groups in total. The van der Waals surface area contributed by atoms with Crippen LogP contribution in [0.2, 0.25) is 0 Å². The van der Waals surface area contributed by atoms with Crippen LogP contribution in [0.15, 0.2) is 18.2 Å². The Morgan fingerprint density at radius 1 is 1.52 bits per heavy atom. The lowest BCUT2D eigenvalue weighted by molar-refractivity contribution is -0.123. The highest BCUT2D eigenvalue weighted by Crippen LogP contribution is 2.45. The van der Waals surface area contributed by atoms with Gasteiger partial charge in [0.2, 0.25) is 0 Å². The zero-order valence-electron chi connectivity index (χ0n) is 14.5. The summed E-state index contributed by atoms with van der Waals surface area (Å²) >= 11 is 0. The Balaban J connectivity index is 2.52. The number of carbonyl (C=O) groups is 1. The molecule has 0 aliphatic carbocycles. The first kappa shape index (κ1) is 17.7. The fraction of sp³-hybridized carbons (Fsp3) is 0.611. The van der Waals surface area contributed by atoms with Crippen molar-refractivity contribution in [3.63, 3.8) is 0 Å². The lowest BCUT2D eigenvalue weighted by atomic mass is 9.78. The second-order valence-electron chi connectivity index (χ2n) is 7.16. The molecule has 23 heavy (non-hydrogen) atoms. The minimum Gasteiger partial charge on any atom is -0.354 e. The molecule has 1 heterocycles. The first-order valence-electron chi connectivity index (χ1n) is 8.41. The number of nitrogens with one attached hydrogen (secondary N) is 1. The van der Waals surface area contributed by atoms with Crippen LogP contribution in [0, 0.1) is 5.82 Å². The first-order chi connectivity index (χ1) is 10.8. The van der Waals surface area contributed by atoms with Crippen molar-refractivity contribution >= 4 is 11.6 Å². The van der Waals surface area contributed by atoms with Crippen molar-refractivity contribution in [3.8, 4) is 0 Å². The van der Waals surface area contributed by atoms with E-state index in [0.29, 0.717) is 0 Å². The van der Waals surface area contributed by atoms with E-state index in [-0.39, 0.29) is 29.2 Å². The molecule has 1 aliphatic rings. The van der Waals surface area contributed by atoms with Gasteiger partial charge in [-0.25, -0.2) is 10.2 Å². The Hall–Kier alpha value is -1.62. The van der Waals surface area contributed by atoms with Crippen LogP contribution in [0.4, 0.5) is 10.1 Å². The molecular formula is C18H28FN3O. The average Bonchev–Trinajstić information content (AvgIpc) is 2.49. The summed E-state index contributed by atoms with van der Waals surface area (Å²) in [6, 6.07) is 4.52. The maximum Gasteiger partial charge on any atom is 0.256 e. The quantitative estimate of drug-likeness (QED) is 0.496. The van der Waals surface area contributed by atoms with Crippen molar-refractivity contribution in [1.82, 2.24) is 5.43 Å². The molecule has 0 saturated heterocycles. The van der Waals surface area contributed by atoms with Crippen LogP contribution in [0.1, 0.15) is 64.9 Å². The third-order valence-electron chi connectivity index (χ3n) is 4.83. The summed E-state index contributed by atoms with van der Waals surface area (Å²) in [5.74, 6) is 5.26. The lowest BCUT2D eigenvalue weighted by Crippen LogP contribution is -2.59. The number of hydrogen-bond acceptors (Lipinski definition) is 3. The number of nitrogens with zero attached hydrogens (tertiary/aromatic N) is 1. The molecule has 0 aromatic heterocycles. The molecular weight excluding hydrogens is 293 g/mol. The minimum atomic E-state index is -0.341. The number of nitrogens with two attached hydrogens (primary N) is 1. The van der Waals surface area contributed by atoms with Gasteiger partial charge in [0.1, 0.15) is 11.9 Å². The van der Waals surface area contributed by atoms with E-state index in [2.05, 4.69) is 38.0 Å². The standard InChI is InChI=1S/C18H28FN3O/c1-5-6-7-16(17(23)21-20)22-15-9-8-13(19)10-14(15)12(2)11-18(22,3)4/h8-10,12,16H,5-7,11,20H2,1-4H3,(H,21,23)/t12-,16+/m1/s1. The highest BCUT2D eigenvalue weighted by molar-refractivity contribution is 5.86. The normalized spacial score (nSPS) is 20.8. The van der Waals surface area contributed by atoms with Gasteiger partial charge in [-0.05, 0) is 56.4 Å². The van der Waals surface area contributed by atoms with Crippen molar-refractivity contribution in [1.29, 1.82) is 0 Å². The van der Waals surface area contributed by atoms with E-state index in [9.17, 15) is 9.18 Å². The fourth-order valence-electron chi connectivity index (χ4n) is 3.88. The Kier molecular flexibility index (Phi) is 5.30. The molecule has 4 nitrogen and oxygen atoms in total. The van der Waals surface area contributed by atoms with E-state index in [1.807, 2.05) is 0 Å². The van der Waals surface area contributed by atoms with Gasteiger partial charge < -0.3 is 4.90 Å².